The van der Waals surface area contributed by atoms with Crippen LogP contribution in [-0.2, 0) is 16.4 Å². The molecule has 0 atom stereocenters. The van der Waals surface area contributed by atoms with Gasteiger partial charge in [0.2, 0.25) is 9.84 Å². The summed E-state index contributed by atoms with van der Waals surface area (Å²) in [5, 5.41) is 0.481. The van der Waals surface area contributed by atoms with Crippen molar-refractivity contribution in [3.63, 3.8) is 0 Å². The molecular weight excluding hydrogens is 454 g/mol. The molecule has 148 valence electrons. The van der Waals surface area contributed by atoms with Crippen LogP contribution < -0.4 is 10.5 Å². The van der Waals surface area contributed by atoms with E-state index in [1.54, 1.807) is 48.2 Å². The Labute approximate surface area is 177 Å². The molecule has 2 heterocycles. The Bertz CT molecular complexity index is 1280. The molecule has 0 unspecified atom stereocenters. The second-order valence-corrected chi connectivity index (χ2v) is 9.22. The molecule has 0 aliphatic heterocycles. The highest BCUT2D eigenvalue weighted by Gasteiger charge is 2.29. The second-order valence-electron chi connectivity index (χ2n) is 6.48. The number of sulfone groups is 1. The second kappa shape index (κ2) is 7.53. The maximum absolute atomic E-state index is 13.4. The lowest BCUT2D eigenvalue weighted by molar-refractivity contribution is 0.414. The van der Waals surface area contributed by atoms with Crippen LogP contribution in [0.25, 0.3) is 10.9 Å². The van der Waals surface area contributed by atoms with Gasteiger partial charge in [-0.3, -0.25) is 4.98 Å². The summed E-state index contributed by atoms with van der Waals surface area (Å²) in [7, 11) is -2.21. The van der Waals surface area contributed by atoms with Crippen LogP contribution in [-0.4, -0.2) is 25.1 Å². The minimum Gasteiger partial charge on any atom is -0.497 e. The molecule has 0 bridgehead atoms. The first-order valence-electron chi connectivity index (χ1n) is 8.77. The summed E-state index contributed by atoms with van der Waals surface area (Å²) in [5.41, 5.74) is 8.07. The van der Waals surface area contributed by atoms with Crippen molar-refractivity contribution in [1.29, 1.82) is 0 Å². The van der Waals surface area contributed by atoms with Gasteiger partial charge in [-0.1, -0.05) is 30.3 Å². The number of hydrogen-bond acceptors (Lipinski definition) is 5. The highest BCUT2D eigenvalue weighted by Crippen LogP contribution is 2.38. The van der Waals surface area contributed by atoms with E-state index in [4.69, 9.17) is 10.5 Å². The molecule has 6 nitrogen and oxygen atoms in total. The fraction of sp³-hybridized carbons (Fsp3) is 0.0952. The fourth-order valence-electron chi connectivity index (χ4n) is 3.33. The number of nitrogens with two attached hydrogens (primary N) is 1. The topological polar surface area (TPSA) is 87.2 Å². The lowest BCUT2D eigenvalue weighted by Gasteiger charge is -2.10. The summed E-state index contributed by atoms with van der Waals surface area (Å²) >= 11 is 3.50. The van der Waals surface area contributed by atoms with Gasteiger partial charge in [0.25, 0.3) is 0 Å². The summed E-state index contributed by atoms with van der Waals surface area (Å²) in [6.45, 7) is 0.402. The Morgan fingerprint density at radius 1 is 1.07 bits per heavy atom. The van der Waals surface area contributed by atoms with Crippen molar-refractivity contribution in [3.8, 4) is 5.75 Å². The monoisotopic (exact) mass is 471 g/mol. The molecule has 4 rings (SSSR count). The molecule has 0 radical (unpaired) electrons. The quantitative estimate of drug-likeness (QED) is 0.469. The number of nitrogen functional groups attached to an aromatic ring is 1. The van der Waals surface area contributed by atoms with E-state index in [1.165, 1.54) is 6.20 Å². The molecule has 0 amide bonds. The van der Waals surface area contributed by atoms with Gasteiger partial charge in [-0.25, -0.2) is 8.42 Å². The van der Waals surface area contributed by atoms with Crippen molar-refractivity contribution in [3.05, 3.63) is 77.0 Å². The maximum Gasteiger partial charge on any atom is 0.210 e. The van der Waals surface area contributed by atoms with Crippen LogP contribution in [0.3, 0.4) is 0 Å². The first-order chi connectivity index (χ1) is 13.9. The number of rotatable bonds is 5. The summed E-state index contributed by atoms with van der Waals surface area (Å²) in [6.07, 6.45) is 3.17. The molecule has 2 aromatic heterocycles. The van der Waals surface area contributed by atoms with Gasteiger partial charge in [-0.2, -0.15) is 0 Å². The van der Waals surface area contributed by atoms with Crippen molar-refractivity contribution in [2.75, 3.05) is 12.8 Å². The van der Waals surface area contributed by atoms with Crippen molar-refractivity contribution in [2.45, 2.75) is 16.3 Å². The number of methoxy groups -OCH3 is 1. The zero-order valence-corrected chi connectivity index (χ0v) is 17.9. The number of pyridine rings is 1. The predicted octanol–water partition coefficient (Wildman–Crippen LogP) is 4.27. The van der Waals surface area contributed by atoms with Crippen molar-refractivity contribution in [2.24, 2.45) is 0 Å². The van der Waals surface area contributed by atoms with E-state index in [1.807, 2.05) is 24.3 Å². The molecule has 0 fully saturated rings. The molecule has 0 aliphatic carbocycles. The summed E-state index contributed by atoms with van der Waals surface area (Å²) in [6, 6.07) is 15.8. The molecule has 2 N–H and O–H groups in total. The highest BCUT2D eigenvalue weighted by atomic mass is 79.9. The zero-order valence-electron chi connectivity index (χ0n) is 15.5. The fourth-order valence-corrected chi connectivity index (χ4v) is 5.45. The van der Waals surface area contributed by atoms with Crippen LogP contribution in [0.1, 0.15) is 5.56 Å². The number of nitrogens with zero attached hydrogens (tertiary/aromatic N) is 2. The number of fused-ring (bicyclic) bond motifs is 1. The maximum atomic E-state index is 13.4. The van der Waals surface area contributed by atoms with Gasteiger partial charge in [0.15, 0.2) is 0 Å². The van der Waals surface area contributed by atoms with Gasteiger partial charge in [0.05, 0.1) is 22.0 Å². The number of anilines is 1. The van der Waals surface area contributed by atoms with Crippen LogP contribution in [0.15, 0.2) is 81.3 Å². The van der Waals surface area contributed by atoms with Crippen molar-refractivity contribution >= 4 is 42.5 Å². The van der Waals surface area contributed by atoms with Gasteiger partial charge in [-0.15, -0.1) is 0 Å². The Morgan fingerprint density at radius 3 is 2.41 bits per heavy atom. The zero-order chi connectivity index (χ0) is 20.6. The predicted molar refractivity (Wildman–Crippen MR) is 116 cm³/mol. The lowest BCUT2D eigenvalue weighted by atomic mass is 10.2. The highest BCUT2D eigenvalue weighted by molar-refractivity contribution is 9.10. The average molecular weight is 472 g/mol. The van der Waals surface area contributed by atoms with E-state index in [2.05, 4.69) is 20.9 Å². The Morgan fingerprint density at radius 2 is 1.76 bits per heavy atom. The molecule has 2 aromatic carbocycles. The normalized spacial score (nSPS) is 11.7. The Kier molecular flexibility index (Phi) is 5.06. The summed E-state index contributed by atoms with van der Waals surface area (Å²) in [5.74, 6) is 0.921. The summed E-state index contributed by atoms with van der Waals surface area (Å²) < 4.78 is 34.4. The molecule has 8 heteroatoms. The van der Waals surface area contributed by atoms with Crippen LogP contribution in [0, 0.1) is 0 Å². The standard InChI is InChI=1S/C21H18BrN3O3S/c1-28-15-9-7-14(8-10-15)13-25-19-17(11-24-12-18(19)22)20(21(25)23)29(26,27)16-5-3-2-4-6-16/h2-12H,13,23H2,1H3. The number of aromatic nitrogens is 2. The third-order valence-corrected chi connectivity index (χ3v) is 7.17. The summed E-state index contributed by atoms with van der Waals surface area (Å²) in [4.78, 5) is 4.43. The van der Waals surface area contributed by atoms with E-state index in [0.29, 0.717) is 21.9 Å². The smallest absolute Gasteiger partial charge is 0.210 e. The third-order valence-electron chi connectivity index (χ3n) is 4.73. The Balaban J connectivity index is 1.93. The van der Waals surface area contributed by atoms with E-state index in [9.17, 15) is 8.42 Å². The van der Waals surface area contributed by atoms with E-state index in [-0.39, 0.29) is 15.6 Å². The minimum atomic E-state index is -3.82. The van der Waals surface area contributed by atoms with Crippen molar-refractivity contribution in [1.82, 2.24) is 9.55 Å². The largest absolute Gasteiger partial charge is 0.497 e. The van der Waals surface area contributed by atoms with Gasteiger partial charge < -0.3 is 15.0 Å². The number of ether oxygens (including phenoxy) is 1. The van der Waals surface area contributed by atoms with Gasteiger partial charge in [0, 0.05) is 24.3 Å². The molecule has 0 saturated carbocycles. The van der Waals surface area contributed by atoms with E-state index in [0.717, 1.165) is 11.3 Å². The first-order valence-corrected chi connectivity index (χ1v) is 11.1. The van der Waals surface area contributed by atoms with Gasteiger partial charge >= 0.3 is 0 Å². The van der Waals surface area contributed by atoms with Gasteiger partial charge in [-0.05, 0) is 45.8 Å². The van der Waals surface area contributed by atoms with Crippen LogP contribution in [0.4, 0.5) is 5.82 Å². The first kappa shape index (κ1) is 19.5. The third kappa shape index (κ3) is 3.38. The molecule has 29 heavy (non-hydrogen) atoms. The molecule has 0 spiro atoms. The Hall–Kier alpha value is -2.84. The van der Waals surface area contributed by atoms with E-state index >= 15 is 0 Å². The SMILES string of the molecule is COc1ccc(Cn2c(N)c(S(=O)(=O)c3ccccc3)c3cncc(Br)c32)cc1. The number of hydrogen-bond donors (Lipinski definition) is 1. The number of halogens is 1. The van der Waals surface area contributed by atoms with Crippen LogP contribution in [0.2, 0.25) is 0 Å². The lowest BCUT2D eigenvalue weighted by Crippen LogP contribution is -2.08. The average Bonchev–Trinajstić information content (AvgIpc) is 3.02. The number of benzene rings is 2. The molecular formula is C21H18BrN3O3S. The minimum absolute atomic E-state index is 0.0704. The van der Waals surface area contributed by atoms with Crippen LogP contribution >= 0.6 is 15.9 Å². The van der Waals surface area contributed by atoms with Gasteiger partial charge in [0.1, 0.15) is 16.5 Å². The van der Waals surface area contributed by atoms with E-state index < -0.39 is 9.84 Å². The molecule has 0 aliphatic rings. The molecule has 4 aromatic rings. The molecule has 0 saturated heterocycles. The van der Waals surface area contributed by atoms with Crippen molar-refractivity contribution < 1.29 is 13.2 Å². The van der Waals surface area contributed by atoms with Crippen LogP contribution in [0.5, 0.6) is 5.75 Å².